The molecule has 1 unspecified atom stereocenters. The van der Waals surface area contributed by atoms with Crippen molar-refractivity contribution in [2.75, 3.05) is 0 Å². The van der Waals surface area contributed by atoms with Crippen molar-refractivity contribution in [3.05, 3.63) is 35.9 Å². The summed E-state index contributed by atoms with van der Waals surface area (Å²) < 4.78 is 5.07. The lowest BCUT2D eigenvalue weighted by atomic mass is 10.1. The molecule has 0 saturated carbocycles. The lowest BCUT2D eigenvalue weighted by Crippen LogP contribution is -2.48. The average molecular weight is 348 g/mol. The quantitative estimate of drug-likeness (QED) is 0.783. The minimum Gasteiger partial charge on any atom is -0.445 e. The Labute approximate surface area is 145 Å². The zero-order valence-corrected chi connectivity index (χ0v) is 14.1. The van der Waals surface area contributed by atoms with Gasteiger partial charge in [0.2, 0.25) is 0 Å². The Balaban J connectivity index is 1.90. The highest BCUT2D eigenvalue weighted by atomic mass is 16.7. The second kappa shape index (κ2) is 8.27. The minimum absolute atomic E-state index is 0.00496. The fraction of sp³-hybridized carbons (Fsp3) is 0.412. The van der Waals surface area contributed by atoms with Gasteiger partial charge >= 0.3 is 12.1 Å². The topological polar surface area (TPSA) is 102 Å². The Kier molecular flexibility index (Phi) is 6.10. The van der Waals surface area contributed by atoms with E-state index in [1.54, 1.807) is 26.0 Å². The molecule has 0 aromatic heterocycles. The van der Waals surface area contributed by atoms with Crippen LogP contribution in [0.15, 0.2) is 30.3 Å². The van der Waals surface area contributed by atoms with E-state index in [9.17, 15) is 19.2 Å². The van der Waals surface area contributed by atoms with E-state index in [4.69, 9.17) is 9.57 Å². The molecule has 1 fully saturated rings. The number of imide groups is 1. The number of hydroxylamine groups is 2. The second-order valence-corrected chi connectivity index (χ2v) is 5.92. The van der Waals surface area contributed by atoms with Crippen LogP contribution >= 0.6 is 0 Å². The molecule has 1 atom stereocenters. The number of hydrogen-bond donors (Lipinski definition) is 1. The molecule has 1 aromatic carbocycles. The van der Waals surface area contributed by atoms with Crippen LogP contribution in [0.3, 0.4) is 0 Å². The molecule has 1 heterocycles. The normalized spacial score (nSPS) is 15.2. The molecule has 1 N–H and O–H groups in total. The number of rotatable bonds is 6. The van der Waals surface area contributed by atoms with Gasteiger partial charge in [-0.25, -0.2) is 9.59 Å². The zero-order chi connectivity index (χ0) is 18.4. The monoisotopic (exact) mass is 348 g/mol. The molecule has 8 heteroatoms. The van der Waals surface area contributed by atoms with Gasteiger partial charge in [0, 0.05) is 12.8 Å². The third-order valence-corrected chi connectivity index (χ3v) is 3.59. The summed E-state index contributed by atoms with van der Waals surface area (Å²) >= 11 is 0. The van der Waals surface area contributed by atoms with Crippen LogP contribution in [0.4, 0.5) is 4.79 Å². The van der Waals surface area contributed by atoms with Gasteiger partial charge < -0.3 is 14.9 Å². The van der Waals surface area contributed by atoms with E-state index >= 15 is 0 Å². The first-order chi connectivity index (χ1) is 11.9. The fourth-order valence-corrected chi connectivity index (χ4v) is 2.19. The third kappa shape index (κ3) is 5.03. The molecule has 0 radical (unpaired) electrons. The molecule has 8 nitrogen and oxygen atoms in total. The Morgan fingerprint density at radius 2 is 1.72 bits per heavy atom. The van der Waals surface area contributed by atoms with Crippen molar-refractivity contribution >= 4 is 23.9 Å². The summed E-state index contributed by atoms with van der Waals surface area (Å²) in [6, 6.07) is 8.02. The van der Waals surface area contributed by atoms with Gasteiger partial charge in [-0.3, -0.25) is 9.59 Å². The van der Waals surface area contributed by atoms with Gasteiger partial charge in [-0.1, -0.05) is 44.2 Å². The molecule has 0 bridgehead atoms. The van der Waals surface area contributed by atoms with E-state index in [1.807, 2.05) is 18.2 Å². The van der Waals surface area contributed by atoms with Crippen molar-refractivity contribution < 1.29 is 28.8 Å². The Morgan fingerprint density at radius 3 is 2.28 bits per heavy atom. The molecule has 1 aliphatic heterocycles. The predicted octanol–water partition coefficient (Wildman–Crippen LogP) is 1.54. The largest absolute Gasteiger partial charge is 0.445 e. The van der Waals surface area contributed by atoms with Crippen LogP contribution < -0.4 is 5.32 Å². The van der Waals surface area contributed by atoms with Crippen LogP contribution in [0.25, 0.3) is 0 Å². The fourth-order valence-electron chi connectivity index (χ4n) is 2.19. The predicted molar refractivity (Wildman–Crippen MR) is 85.6 cm³/mol. The maximum absolute atomic E-state index is 12.2. The van der Waals surface area contributed by atoms with Gasteiger partial charge in [-0.15, -0.1) is 5.06 Å². The van der Waals surface area contributed by atoms with Gasteiger partial charge in [-0.2, -0.15) is 0 Å². The first kappa shape index (κ1) is 18.4. The molecule has 134 valence electrons. The number of ether oxygens (including phenoxy) is 1. The van der Waals surface area contributed by atoms with Crippen LogP contribution in [0.5, 0.6) is 0 Å². The van der Waals surface area contributed by atoms with Gasteiger partial charge in [0.05, 0.1) is 0 Å². The van der Waals surface area contributed by atoms with E-state index in [0.717, 1.165) is 5.56 Å². The summed E-state index contributed by atoms with van der Waals surface area (Å²) in [7, 11) is 0. The van der Waals surface area contributed by atoms with E-state index in [1.165, 1.54) is 0 Å². The summed E-state index contributed by atoms with van der Waals surface area (Å²) in [6.45, 7) is 3.43. The van der Waals surface area contributed by atoms with Crippen molar-refractivity contribution in [3.8, 4) is 0 Å². The maximum Gasteiger partial charge on any atom is 0.408 e. The average Bonchev–Trinajstić information content (AvgIpc) is 2.90. The van der Waals surface area contributed by atoms with Crippen LogP contribution in [0, 0.1) is 5.92 Å². The first-order valence-corrected chi connectivity index (χ1v) is 7.93. The molecule has 1 saturated heterocycles. The summed E-state index contributed by atoms with van der Waals surface area (Å²) in [4.78, 5) is 52.0. The van der Waals surface area contributed by atoms with Crippen LogP contribution in [0.1, 0.15) is 32.3 Å². The van der Waals surface area contributed by atoms with E-state index in [2.05, 4.69) is 5.32 Å². The summed E-state index contributed by atoms with van der Waals surface area (Å²) in [5.74, 6) is -2.38. The number of hydrogen-bond acceptors (Lipinski definition) is 6. The van der Waals surface area contributed by atoms with Crippen LogP contribution in [-0.4, -0.2) is 35.0 Å². The number of alkyl carbamates (subject to hydrolysis) is 1. The molecule has 25 heavy (non-hydrogen) atoms. The smallest absolute Gasteiger partial charge is 0.408 e. The zero-order valence-electron chi connectivity index (χ0n) is 14.1. The Bertz CT molecular complexity index is 642. The summed E-state index contributed by atoms with van der Waals surface area (Å²) in [6.07, 6.45) is -0.783. The number of benzene rings is 1. The highest BCUT2D eigenvalue weighted by Gasteiger charge is 2.36. The number of nitrogens with zero attached hydrogens (tertiary/aromatic N) is 1. The summed E-state index contributed by atoms with van der Waals surface area (Å²) in [5, 5.41) is 2.86. The SMILES string of the molecule is CC(C)C(NC(=O)OCc1ccccc1)C(=O)ON1C(=O)CCC1=O. The van der Waals surface area contributed by atoms with Crippen molar-refractivity contribution in [1.82, 2.24) is 10.4 Å². The highest BCUT2D eigenvalue weighted by molar-refractivity contribution is 6.01. The first-order valence-electron chi connectivity index (χ1n) is 7.93. The Morgan fingerprint density at radius 1 is 1.12 bits per heavy atom. The van der Waals surface area contributed by atoms with E-state index in [0.29, 0.717) is 5.06 Å². The molecule has 2 rings (SSSR count). The van der Waals surface area contributed by atoms with E-state index < -0.39 is 29.9 Å². The van der Waals surface area contributed by atoms with Gasteiger partial charge in [0.1, 0.15) is 12.6 Å². The Hall–Kier alpha value is -2.90. The van der Waals surface area contributed by atoms with Crippen LogP contribution in [0.2, 0.25) is 0 Å². The number of carbonyl (C=O) groups excluding carboxylic acids is 4. The van der Waals surface area contributed by atoms with Crippen molar-refractivity contribution in [1.29, 1.82) is 0 Å². The molecule has 0 aliphatic carbocycles. The lowest BCUT2D eigenvalue weighted by molar-refractivity contribution is -0.199. The van der Waals surface area contributed by atoms with Gasteiger partial charge in [0.15, 0.2) is 0 Å². The van der Waals surface area contributed by atoms with Crippen molar-refractivity contribution in [2.45, 2.75) is 39.3 Å². The van der Waals surface area contributed by atoms with Crippen molar-refractivity contribution in [3.63, 3.8) is 0 Å². The summed E-state index contributed by atoms with van der Waals surface area (Å²) in [5.41, 5.74) is 0.801. The van der Waals surface area contributed by atoms with Gasteiger partial charge in [0.25, 0.3) is 11.8 Å². The lowest BCUT2D eigenvalue weighted by Gasteiger charge is -2.22. The molecule has 1 aromatic rings. The number of nitrogens with one attached hydrogen (secondary N) is 1. The van der Waals surface area contributed by atoms with E-state index in [-0.39, 0.29) is 25.4 Å². The second-order valence-electron chi connectivity index (χ2n) is 5.92. The maximum atomic E-state index is 12.2. The van der Waals surface area contributed by atoms with Crippen molar-refractivity contribution in [2.24, 2.45) is 5.92 Å². The molecule has 3 amide bonds. The highest BCUT2D eigenvalue weighted by Crippen LogP contribution is 2.14. The van der Waals surface area contributed by atoms with Gasteiger partial charge in [-0.05, 0) is 11.5 Å². The van der Waals surface area contributed by atoms with Crippen LogP contribution in [-0.2, 0) is 30.6 Å². The molecule has 1 aliphatic rings. The standard InChI is InChI=1S/C17H20N2O6/c1-11(2)15(16(22)25-19-13(20)8-9-14(19)21)18-17(23)24-10-12-6-4-3-5-7-12/h3-7,11,15H,8-10H2,1-2H3,(H,18,23). The third-order valence-electron chi connectivity index (χ3n) is 3.59. The number of carbonyl (C=O) groups is 4. The minimum atomic E-state index is -1.05. The number of amides is 3. The molecular weight excluding hydrogens is 328 g/mol. The molecule has 0 spiro atoms. The molecular formula is C17H20N2O6.